The van der Waals surface area contributed by atoms with Crippen LogP contribution < -0.4 is 19.7 Å². The molecule has 64 heavy (non-hydrogen) atoms. The van der Waals surface area contributed by atoms with Gasteiger partial charge < -0.3 is 58.0 Å². The van der Waals surface area contributed by atoms with Crippen molar-refractivity contribution < 1.29 is 65.9 Å². The standard InChI is InChI=1S/C42H62N6O15S/c1-33(38-31-41(55-4)40(49)32-39(38)48(51)52)44-42(50)13-15-56-17-19-58-21-23-60-25-27-62-29-30-63-28-26-61-24-22-59-20-18-57-16-14-43-64(53,54)37-11-7-35(8-12-37)46-45-34-5-9-36(10-6-34)47(2)3/h5-12,31-33,43,49H,13-30H2,1-4H3,(H,44,50). The summed E-state index contributed by atoms with van der Waals surface area (Å²) >= 11 is 0. The number of hydrogen-bond donors (Lipinski definition) is 3. The second kappa shape index (κ2) is 31.1. The molecule has 0 aliphatic carbocycles. The van der Waals surface area contributed by atoms with E-state index in [4.69, 9.17) is 42.6 Å². The van der Waals surface area contributed by atoms with Crippen molar-refractivity contribution >= 4 is 38.7 Å². The molecule has 3 aromatic carbocycles. The first kappa shape index (κ1) is 53.5. The summed E-state index contributed by atoms with van der Waals surface area (Å²) in [6.07, 6.45) is 0.0490. The van der Waals surface area contributed by atoms with Crippen LogP contribution in [0, 0.1) is 10.1 Å². The maximum absolute atomic E-state index is 12.6. The highest BCUT2D eigenvalue weighted by Gasteiger charge is 2.24. The Labute approximate surface area is 374 Å². The van der Waals surface area contributed by atoms with Crippen LogP contribution in [0.1, 0.15) is 24.9 Å². The van der Waals surface area contributed by atoms with Crippen LogP contribution in [0.2, 0.25) is 0 Å². The molecular weight excluding hydrogens is 861 g/mol. The number of azo groups is 1. The lowest BCUT2D eigenvalue weighted by molar-refractivity contribution is -0.385. The van der Waals surface area contributed by atoms with Crippen molar-refractivity contribution in [3.8, 4) is 11.5 Å². The predicted molar refractivity (Wildman–Crippen MR) is 236 cm³/mol. The van der Waals surface area contributed by atoms with E-state index in [1.54, 1.807) is 19.1 Å². The molecule has 1 amide bonds. The van der Waals surface area contributed by atoms with Gasteiger partial charge in [-0.05, 0) is 61.5 Å². The van der Waals surface area contributed by atoms with Gasteiger partial charge >= 0.3 is 0 Å². The van der Waals surface area contributed by atoms with Gasteiger partial charge in [-0.2, -0.15) is 10.2 Å². The lowest BCUT2D eigenvalue weighted by Crippen LogP contribution is -2.28. The smallest absolute Gasteiger partial charge is 0.278 e. The molecule has 356 valence electrons. The Kier molecular flexibility index (Phi) is 26.0. The zero-order valence-electron chi connectivity index (χ0n) is 36.9. The predicted octanol–water partition coefficient (Wildman–Crippen LogP) is 4.47. The van der Waals surface area contributed by atoms with Gasteiger partial charge in [-0.1, -0.05) is 0 Å². The number of rotatable bonds is 36. The van der Waals surface area contributed by atoms with Gasteiger partial charge in [0.1, 0.15) is 0 Å². The van der Waals surface area contributed by atoms with E-state index >= 15 is 0 Å². The van der Waals surface area contributed by atoms with Gasteiger partial charge in [-0.15, -0.1) is 0 Å². The zero-order valence-corrected chi connectivity index (χ0v) is 37.8. The number of hydrogen-bond acceptors (Lipinski definition) is 18. The Balaban J connectivity index is 1.03. The Morgan fingerprint density at radius 1 is 0.703 bits per heavy atom. The van der Waals surface area contributed by atoms with E-state index in [1.807, 2.05) is 43.3 Å². The minimum atomic E-state index is -3.70. The number of carbonyl (C=O) groups excluding carboxylic acids is 1. The molecule has 0 saturated carbocycles. The summed E-state index contributed by atoms with van der Waals surface area (Å²) in [7, 11) is 1.54. The summed E-state index contributed by atoms with van der Waals surface area (Å²) in [6.45, 7) is 7.30. The summed E-state index contributed by atoms with van der Waals surface area (Å²) in [4.78, 5) is 25.2. The Hall–Kier alpha value is -4.88. The first-order valence-electron chi connectivity index (χ1n) is 20.7. The van der Waals surface area contributed by atoms with E-state index < -0.39 is 21.0 Å². The minimum Gasteiger partial charge on any atom is -0.504 e. The first-order valence-corrected chi connectivity index (χ1v) is 22.1. The third kappa shape index (κ3) is 21.7. The van der Waals surface area contributed by atoms with E-state index in [0.717, 1.165) is 11.8 Å². The number of anilines is 1. The molecule has 0 saturated heterocycles. The molecule has 1 atom stereocenters. The van der Waals surface area contributed by atoms with Crippen molar-refractivity contribution in [2.24, 2.45) is 10.2 Å². The van der Waals surface area contributed by atoms with E-state index in [1.165, 1.54) is 25.3 Å². The first-order chi connectivity index (χ1) is 30.9. The number of methoxy groups -OCH3 is 1. The Bertz CT molecular complexity index is 1920. The van der Waals surface area contributed by atoms with Crippen LogP contribution >= 0.6 is 0 Å². The minimum absolute atomic E-state index is 0.0490. The molecule has 3 aromatic rings. The molecule has 0 heterocycles. The number of phenols is 1. The molecule has 0 radical (unpaired) electrons. The van der Waals surface area contributed by atoms with Crippen LogP contribution in [0.3, 0.4) is 0 Å². The highest BCUT2D eigenvalue weighted by molar-refractivity contribution is 7.89. The fourth-order valence-corrected chi connectivity index (χ4v) is 6.41. The Morgan fingerprint density at radius 3 is 1.55 bits per heavy atom. The molecular formula is C42H62N6O15S. The molecule has 1 unspecified atom stereocenters. The third-order valence-corrected chi connectivity index (χ3v) is 10.3. The number of phenolic OH excluding ortho intramolecular Hbond substituents is 1. The average molecular weight is 923 g/mol. The van der Waals surface area contributed by atoms with Gasteiger partial charge in [-0.25, -0.2) is 13.1 Å². The summed E-state index contributed by atoms with van der Waals surface area (Å²) in [5.74, 6) is -0.650. The fraction of sp³-hybridized carbons (Fsp3) is 0.548. The number of carbonyl (C=O) groups is 1. The van der Waals surface area contributed by atoms with Crippen LogP contribution in [0.4, 0.5) is 22.7 Å². The van der Waals surface area contributed by atoms with E-state index in [2.05, 4.69) is 20.3 Å². The van der Waals surface area contributed by atoms with Gasteiger partial charge in [0.15, 0.2) is 11.5 Å². The molecule has 22 heteroatoms. The van der Waals surface area contributed by atoms with Crippen molar-refractivity contribution in [3.05, 3.63) is 76.3 Å². The van der Waals surface area contributed by atoms with Gasteiger partial charge in [0.25, 0.3) is 5.69 Å². The number of aromatic hydroxyl groups is 1. The van der Waals surface area contributed by atoms with Crippen LogP contribution in [-0.2, 0) is 52.7 Å². The molecule has 21 nitrogen and oxygen atoms in total. The summed E-state index contributed by atoms with van der Waals surface area (Å²) in [6, 6.07) is 15.4. The molecule has 3 rings (SSSR count). The zero-order chi connectivity index (χ0) is 46.4. The van der Waals surface area contributed by atoms with Crippen LogP contribution in [0.25, 0.3) is 0 Å². The summed E-state index contributed by atoms with van der Waals surface area (Å²) < 4.78 is 76.5. The number of ether oxygens (including phenoxy) is 9. The van der Waals surface area contributed by atoms with Gasteiger partial charge in [0.05, 0.1) is 152 Å². The van der Waals surface area contributed by atoms with Crippen molar-refractivity contribution in [3.63, 3.8) is 0 Å². The Morgan fingerprint density at radius 2 is 1.12 bits per heavy atom. The van der Waals surface area contributed by atoms with Crippen molar-refractivity contribution in [2.75, 3.05) is 138 Å². The van der Waals surface area contributed by atoms with Gasteiger partial charge in [-0.3, -0.25) is 14.9 Å². The topological polar surface area (TPSA) is 250 Å². The summed E-state index contributed by atoms with van der Waals surface area (Å²) in [5, 5.41) is 32.3. The van der Waals surface area contributed by atoms with Crippen molar-refractivity contribution in [2.45, 2.75) is 24.3 Å². The number of amides is 1. The van der Waals surface area contributed by atoms with Crippen LogP contribution in [0.15, 0.2) is 75.8 Å². The van der Waals surface area contributed by atoms with Gasteiger partial charge in [0.2, 0.25) is 15.9 Å². The summed E-state index contributed by atoms with van der Waals surface area (Å²) in [5.41, 5.74) is 2.15. The van der Waals surface area contributed by atoms with Crippen LogP contribution in [0.5, 0.6) is 11.5 Å². The molecule has 0 aromatic heterocycles. The number of nitrogens with zero attached hydrogens (tertiary/aromatic N) is 4. The molecule has 0 aliphatic heterocycles. The van der Waals surface area contributed by atoms with Gasteiger partial charge in [0, 0.05) is 32.7 Å². The lowest BCUT2D eigenvalue weighted by atomic mass is 10.0. The highest BCUT2D eigenvalue weighted by atomic mass is 32.2. The highest BCUT2D eigenvalue weighted by Crippen LogP contribution is 2.36. The normalized spacial score (nSPS) is 12.1. The van der Waals surface area contributed by atoms with E-state index in [0.29, 0.717) is 97.3 Å². The second-order valence-corrected chi connectivity index (χ2v) is 15.5. The maximum atomic E-state index is 12.6. The number of nitro groups is 1. The number of nitrogens with one attached hydrogen (secondary N) is 2. The fourth-order valence-electron chi connectivity index (χ4n) is 5.40. The average Bonchev–Trinajstić information content (AvgIpc) is 3.28. The number of nitro benzene ring substituents is 1. The number of benzene rings is 3. The lowest BCUT2D eigenvalue weighted by Gasteiger charge is -2.16. The van der Waals surface area contributed by atoms with Crippen molar-refractivity contribution in [1.29, 1.82) is 0 Å². The molecule has 0 spiro atoms. The molecule has 0 aliphatic rings. The molecule has 0 bridgehead atoms. The van der Waals surface area contributed by atoms with E-state index in [9.17, 15) is 28.4 Å². The SMILES string of the molecule is COc1cc(C(C)NC(=O)CCOCCOCCOCCOCCOCCOCCOCCOCCNS(=O)(=O)c2ccc(N=Nc3ccc(N(C)C)cc3)cc2)c([N+](=O)[O-])cc1O. The third-order valence-electron chi connectivity index (χ3n) is 8.78. The maximum Gasteiger partial charge on any atom is 0.278 e. The monoisotopic (exact) mass is 922 g/mol. The quantitative estimate of drug-likeness (QED) is 0.0315. The van der Waals surface area contributed by atoms with E-state index in [-0.39, 0.29) is 66.3 Å². The molecule has 3 N–H and O–H groups in total. The van der Waals surface area contributed by atoms with Crippen molar-refractivity contribution in [1.82, 2.24) is 10.0 Å². The largest absolute Gasteiger partial charge is 0.504 e. The second-order valence-electron chi connectivity index (χ2n) is 13.8. The van der Waals surface area contributed by atoms with Crippen LogP contribution in [-0.4, -0.2) is 158 Å². The molecule has 0 fully saturated rings. The number of sulfonamides is 1.